The maximum atomic E-state index is 12.4. The van der Waals surface area contributed by atoms with Crippen LogP contribution in [-0.4, -0.2) is 16.9 Å². The van der Waals surface area contributed by atoms with E-state index in [0.717, 1.165) is 11.3 Å². The van der Waals surface area contributed by atoms with Crippen LogP contribution in [-0.2, 0) is 6.54 Å². The summed E-state index contributed by atoms with van der Waals surface area (Å²) in [6.07, 6.45) is 5.13. The van der Waals surface area contributed by atoms with Gasteiger partial charge < -0.3 is 16.4 Å². The van der Waals surface area contributed by atoms with Gasteiger partial charge in [-0.2, -0.15) is 5.26 Å². The van der Waals surface area contributed by atoms with Crippen molar-refractivity contribution in [1.82, 2.24) is 10.3 Å². The van der Waals surface area contributed by atoms with Crippen LogP contribution in [0.4, 0.5) is 17.1 Å². The third-order valence-corrected chi connectivity index (χ3v) is 3.96. The smallest absolute Gasteiger partial charge is 0.255 e. The molecule has 29 heavy (non-hydrogen) atoms. The monoisotopic (exact) mass is 385 g/mol. The van der Waals surface area contributed by atoms with Crippen LogP contribution in [0.15, 0.2) is 78.0 Å². The van der Waals surface area contributed by atoms with Crippen molar-refractivity contribution < 1.29 is 4.79 Å². The summed E-state index contributed by atoms with van der Waals surface area (Å²) < 4.78 is 0. The zero-order chi connectivity index (χ0) is 20.5. The molecule has 0 fully saturated rings. The van der Waals surface area contributed by atoms with Gasteiger partial charge in [-0.1, -0.05) is 24.3 Å². The van der Waals surface area contributed by atoms with Crippen LogP contribution >= 0.6 is 0 Å². The number of nitrogen functional groups attached to an aromatic ring is 1. The van der Waals surface area contributed by atoms with Crippen LogP contribution in [0.1, 0.15) is 15.9 Å². The number of rotatable bonds is 5. The predicted molar refractivity (Wildman–Crippen MR) is 113 cm³/mol. The number of pyridine rings is 1. The van der Waals surface area contributed by atoms with E-state index in [4.69, 9.17) is 11.0 Å². The molecule has 1 amide bonds. The summed E-state index contributed by atoms with van der Waals surface area (Å²) in [5.41, 5.74) is 9.07. The molecular weight excluding hydrogens is 366 g/mol. The normalized spacial score (nSPS) is 10.7. The molecule has 0 atom stereocenters. The molecule has 0 aliphatic heterocycles. The first-order valence-electron chi connectivity index (χ1n) is 8.77. The van der Waals surface area contributed by atoms with Crippen LogP contribution in [0.3, 0.4) is 0 Å². The second-order valence-corrected chi connectivity index (χ2v) is 6.00. The molecule has 0 unspecified atom stereocenters. The number of carbonyl (C=O) groups is 1. The van der Waals surface area contributed by atoms with Gasteiger partial charge in [-0.15, -0.1) is 0 Å². The minimum atomic E-state index is -0.246. The Labute approximate surface area is 168 Å². The number of nitrogens with zero attached hydrogens (tertiary/aromatic N) is 3. The second-order valence-electron chi connectivity index (χ2n) is 6.00. The molecule has 0 aliphatic carbocycles. The van der Waals surface area contributed by atoms with E-state index in [2.05, 4.69) is 25.9 Å². The van der Waals surface area contributed by atoms with Crippen molar-refractivity contribution in [3.05, 3.63) is 84.2 Å². The van der Waals surface area contributed by atoms with Crippen molar-refractivity contribution in [2.45, 2.75) is 6.54 Å². The Balaban J connectivity index is 1.64. The molecule has 0 bridgehead atoms. The van der Waals surface area contributed by atoms with Crippen molar-refractivity contribution in [1.29, 1.82) is 5.26 Å². The van der Waals surface area contributed by atoms with Gasteiger partial charge in [0.2, 0.25) is 5.96 Å². The highest BCUT2D eigenvalue weighted by atomic mass is 16.1. The van der Waals surface area contributed by atoms with Crippen molar-refractivity contribution in [2.75, 3.05) is 16.4 Å². The molecule has 0 aliphatic rings. The molecule has 144 valence electrons. The minimum absolute atomic E-state index is 0.246. The van der Waals surface area contributed by atoms with E-state index in [1.165, 1.54) is 0 Å². The molecule has 0 saturated heterocycles. The number of nitrogens with two attached hydrogens (primary N) is 1. The predicted octanol–water partition coefficient (Wildman–Crippen LogP) is 2.95. The highest BCUT2D eigenvalue weighted by Gasteiger charge is 2.08. The molecule has 5 N–H and O–H groups in total. The number of amides is 1. The van der Waals surface area contributed by atoms with Crippen molar-refractivity contribution in [2.24, 2.45) is 4.99 Å². The van der Waals surface area contributed by atoms with Gasteiger partial charge in [0, 0.05) is 23.6 Å². The van der Waals surface area contributed by atoms with Gasteiger partial charge in [-0.05, 0) is 42.0 Å². The van der Waals surface area contributed by atoms with Gasteiger partial charge in [-0.3, -0.25) is 15.1 Å². The number of aromatic nitrogens is 1. The maximum Gasteiger partial charge on any atom is 0.255 e. The highest BCUT2D eigenvalue weighted by molar-refractivity contribution is 6.05. The molecule has 1 aromatic heterocycles. The lowest BCUT2D eigenvalue weighted by molar-refractivity contribution is 0.102. The Bertz CT molecular complexity index is 1040. The Morgan fingerprint density at radius 1 is 1.03 bits per heavy atom. The SMILES string of the molecule is N#CNC(=NCc1ccc(C(=O)Nc2ccccc2N)cc1)Nc1ccncc1. The third-order valence-electron chi connectivity index (χ3n) is 3.96. The van der Waals surface area contributed by atoms with Crippen molar-refractivity contribution >= 4 is 28.9 Å². The number of nitriles is 1. The molecule has 1 heterocycles. The summed E-state index contributed by atoms with van der Waals surface area (Å²) in [5, 5.41) is 17.2. The van der Waals surface area contributed by atoms with Crippen LogP contribution in [0.25, 0.3) is 0 Å². The second kappa shape index (κ2) is 9.53. The van der Waals surface area contributed by atoms with Gasteiger partial charge in [-0.25, -0.2) is 4.99 Å². The van der Waals surface area contributed by atoms with Gasteiger partial charge in [0.25, 0.3) is 5.91 Å². The fourth-order valence-corrected chi connectivity index (χ4v) is 2.47. The first kappa shape index (κ1) is 19.4. The molecule has 3 rings (SSSR count). The number of hydrogen-bond donors (Lipinski definition) is 4. The van der Waals surface area contributed by atoms with Gasteiger partial charge in [0.1, 0.15) is 0 Å². The van der Waals surface area contributed by atoms with Gasteiger partial charge in [0.15, 0.2) is 6.19 Å². The number of guanidine groups is 1. The zero-order valence-electron chi connectivity index (χ0n) is 15.5. The number of hydrogen-bond acceptors (Lipinski definition) is 5. The van der Waals surface area contributed by atoms with Crippen molar-refractivity contribution in [3.63, 3.8) is 0 Å². The zero-order valence-corrected chi connectivity index (χ0v) is 15.5. The van der Waals surface area contributed by atoms with E-state index in [-0.39, 0.29) is 5.91 Å². The van der Waals surface area contributed by atoms with Crippen molar-refractivity contribution in [3.8, 4) is 6.19 Å². The Kier molecular flexibility index (Phi) is 6.37. The summed E-state index contributed by atoms with van der Waals surface area (Å²) >= 11 is 0. The number of para-hydroxylation sites is 2. The van der Waals surface area contributed by atoms with Gasteiger partial charge in [0.05, 0.1) is 17.9 Å². The fourth-order valence-electron chi connectivity index (χ4n) is 2.47. The number of nitrogens with one attached hydrogen (secondary N) is 3. The molecule has 0 radical (unpaired) electrons. The lowest BCUT2D eigenvalue weighted by atomic mass is 10.1. The summed E-state index contributed by atoms with van der Waals surface area (Å²) in [7, 11) is 0. The van der Waals surface area contributed by atoms with E-state index in [1.807, 2.05) is 18.3 Å². The first-order valence-corrected chi connectivity index (χ1v) is 8.77. The molecule has 2 aromatic carbocycles. The number of aliphatic imine (C=N–C) groups is 1. The van der Waals surface area contributed by atoms with Gasteiger partial charge >= 0.3 is 0 Å². The lowest BCUT2D eigenvalue weighted by Crippen LogP contribution is -2.26. The molecule has 8 heteroatoms. The van der Waals surface area contributed by atoms with E-state index < -0.39 is 0 Å². The van der Waals surface area contributed by atoms with Crippen LogP contribution in [0.2, 0.25) is 0 Å². The highest BCUT2D eigenvalue weighted by Crippen LogP contribution is 2.18. The molecule has 0 saturated carbocycles. The molecule has 8 nitrogen and oxygen atoms in total. The summed E-state index contributed by atoms with van der Waals surface area (Å²) in [6.45, 7) is 0.329. The Hall–Kier alpha value is -4.38. The largest absolute Gasteiger partial charge is 0.397 e. The van der Waals surface area contributed by atoms with Crippen LogP contribution in [0.5, 0.6) is 0 Å². The lowest BCUT2D eigenvalue weighted by Gasteiger charge is -2.09. The summed E-state index contributed by atoms with van der Waals surface area (Å²) in [4.78, 5) is 20.7. The van der Waals surface area contributed by atoms with E-state index in [9.17, 15) is 4.79 Å². The Morgan fingerprint density at radius 3 is 2.45 bits per heavy atom. The average Bonchev–Trinajstić information content (AvgIpc) is 2.75. The fraction of sp³-hybridized carbons (Fsp3) is 0.0476. The minimum Gasteiger partial charge on any atom is -0.397 e. The summed E-state index contributed by atoms with van der Waals surface area (Å²) in [6, 6.07) is 17.7. The first-order chi connectivity index (χ1) is 14.2. The summed E-state index contributed by atoms with van der Waals surface area (Å²) in [5.74, 6) is 0.0733. The quantitative estimate of drug-likeness (QED) is 0.176. The standard InChI is InChI=1S/C21H19N7O/c22-14-26-21(27-17-9-11-24-12-10-17)25-13-15-5-7-16(8-6-15)20(29)28-19-4-2-1-3-18(19)23/h1-12H,13,23H2,(H,28,29)(H2,24,25,26,27). The maximum absolute atomic E-state index is 12.4. The topological polar surface area (TPSA) is 128 Å². The van der Waals surface area contributed by atoms with E-state index in [1.54, 1.807) is 60.9 Å². The van der Waals surface area contributed by atoms with E-state index in [0.29, 0.717) is 29.4 Å². The average molecular weight is 385 g/mol. The molecule has 3 aromatic rings. The number of carbonyl (C=O) groups excluding carboxylic acids is 1. The Morgan fingerprint density at radius 2 is 1.76 bits per heavy atom. The number of anilines is 3. The van der Waals surface area contributed by atoms with E-state index >= 15 is 0 Å². The third kappa shape index (κ3) is 5.55. The van der Waals surface area contributed by atoms with Crippen LogP contribution in [0, 0.1) is 11.5 Å². The molecular formula is C21H19N7O. The van der Waals surface area contributed by atoms with Crippen LogP contribution < -0.4 is 21.7 Å². The number of benzene rings is 2. The molecule has 0 spiro atoms.